The van der Waals surface area contributed by atoms with Crippen LogP contribution in [0.5, 0.6) is 0 Å². The van der Waals surface area contributed by atoms with Gasteiger partial charge in [0, 0.05) is 5.92 Å². The normalized spacial score (nSPS) is 24.3. The predicted molar refractivity (Wildman–Crippen MR) is 80.2 cm³/mol. The molecule has 0 spiro atoms. The Balaban J connectivity index is 2.81. The number of carbonyl (C=O) groups is 5. The molecule has 0 saturated carbocycles. The summed E-state index contributed by atoms with van der Waals surface area (Å²) in [6.07, 6.45) is 0. The summed E-state index contributed by atoms with van der Waals surface area (Å²) in [4.78, 5) is 61.2. The number of hydrogen-bond donors (Lipinski definition) is 1. The van der Waals surface area contributed by atoms with Gasteiger partial charge in [0.05, 0.1) is 34.0 Å². The topological polar surface area (TPSA) is 143 Å². The van der Waals surface area contributed by atoms with Crippen molar-refractivity contribution in [1.29, 1.82) is 0 Å². The lowest BCUT2D eigenvalue weighted by Crippen LogP contribution is -2.31. The number of ether oxygens (including phenoxy) is 4. The molecule has 0 aromatic heterocycles. The Kier molecular flexibility index (Phi) is 5.15. The minimum absolute atomic E-state index is 0.248. The van der Waals surface area contributed by atoms with Gasteiger partial charge in [-0.25, -0.2) is 9.59 Å². The van der Waals surface area contributed by atoms with Gasteiger partial charge < -0.3 is 24.1 Å². The van der Waals surface area contributed by atoms with Gasteiger partial charge >= 0.3 is 23.9 Å². The van der Waals surface area contributed by atoms with Crippen LogP contribution in [0.4, 0.5) is 0 Å². The van der Waals surface area contributed by atoms with Crippen molar-refractivity contribution in [2.45, 2.75) is 0 Å². The zero-order chi connectivity index (χ0) is 19.8. The smallest absolute Gasteiger partial charge is 0.341 e. The molecule has 0 aromatic carbocycles. The number of carbonyl (C=O) groups excluding carboxylic acids is 5. The highest BCUT2D eigenvalue weighted by Gasteiger charge is 2.60. The molecule has 10 heteroatoms. The number of aliphatic hydroxyl groups is 1. The van der Waals surface area contributed by atoms with E-state index in [0.717, 1.165) is 28.4 Å². The summed E-state index contributed by atoms with van der Waals surface area (Å²) >= 11 is 0. The molecule has 0 bridgehead atoms. The number of ketones is 1. The Bertz CT molecular complexity index is 772. The summed E-state index contributed by atoms with van der Waals surface area (Å²) in [6.45, 7) is 0. The number of Topliss-reactive ketones (excluding diaryl/α,β-unsaturated/α-hetero) is 1. The van der Waals surface area contributed by atoms with E-state index in [0.29, 0.717) is 0 Å². The molecule has 0 saturated heterocycles. The first-order valence-corrected chi connectivity index (χ1v) is 7.30. The monoisotopic (exact) mass is 368 g/mol. The van der Waals surface area contributed by atoms with Crippen LogP contribution in [0.3, 0.4) is 0 Å². The zero-order valence-corrected chi connectivity index (χ0v) is 14.4. The van der Waals surface area contributed by atoms with Crippen molar-refractivity contribution in [1.82, 2.24) is 0 Å². The molecule has 1 N–H and O–H groups in total. The molecular formula is C16H16O10. The quantitative estimate of drug-likeness (QED) is 0.291. The van der Waals surface area contributed by atoms with E-state index < -0.39 is 64.3 Å². The van der Waals surface area contributed by atoms with Gasteiger partial charge in [0.15, 0.2) is 5.78 Å². The van der Waals surface area contributed by atoms with Crippen LogP contribution in [0.1, 0.15) is 0 Å². The predicted octanol–water partition coefficient (Wildman–Crippen LogP) is -0.768. The van der Waals surface area contributed by atoms with Crippen LogP contribution in [-0.2, 0) is 42.9 Å². The highest BCUT2D eigenvalue weighted by molar-refractivity contribution is 6.27. The van der Waals surface area contributed by atoms with E-state index in [4.69, 9.17) is 0 Å². The van der Waals surface area contributed by atoms with E-state index in [1.165, 1.54) is 0 Å². The van der Waals surface area contributed by atoms with Gasteiger partial charge in [0.1, 0.15) is 23.2 Å². The number of aliphatic hydroxyl groups excluding tert-OH is 1. The molecule has 2 rings (SSSR count). The van der Waals surface area contributed by atoms with Crippen LogP contribution in [0.2, 0.25) is 0 Å². The van der Waals surface area contributed by atoms with E-state index >= 15 is 0 Å². The van der Waals surface area contributed by atoms with Gasteiger partial charge in [-0.1, -0.05) is 0 Å². The van der Waals surface area contributed by atoms with E-state index in [1.54, 1.807) is 0 Å². The molecule has 0 aromatic rings. The molecular weight excluding hydrogens is 352 g/mol. The Morgan fingerprint density at radius 2 is 1.38 bits per heavy atom. The second-order valence-corrected chi connectivity index (χ2v) is 5.41. The molecule has 3 unspecified atom stereocenters. The molecule has 0 aliphatic heterocycles. The third-order valence-electron chi connectivity index (χ3n) is 4.34. The van der Waals surface area contributed by atoms with Gasteiger partial charge in [0.2, 0.25) is 0 Å². The van der Waals surface area contributed by atoms with Gasteiger partial charge in [-0.05, 0) is 5.57 Å². The molecule has 0 heterocycles. The van der Waals surface area contributed by atoms with Crippen LogP contribution < -0.4 is 0 Å². The maximum Gasteiger partial charge on any atom is 0.341 e. The minimum atomic E-state index is -1.64. The van der Waals surface area contributed by atoms with Crippen molar-refractivity contribution >= 4 is 29.7 Å². The van der Waals surface area contributed by atoms with Crippen molar-refractivity contribution in [3.8, 4) is 0 Å². The van der Waals surface area contributed by atoms with E-state index in [1.807, 2.05) is 0 Å². The SMILES string of the molecule is COC(=O)C1=C2C(C(=O)OC)C(O)=C(C(=O)OC)C2C(C(=O)OC)C1=O. The van der Waals surface area contributed by atoms with Crippen molar-refractivity contribution in [3.63, 3.8) is 0 Å². The lowest BCUT2D eigenvalue weighted by Gasteiger charge is -2.16. The maximum absolute atomic E-state index is 12.7. The third-order valence-corrected chi connectivity index (χ3v) is 4.34. The fraction of sp³-hybridized carbons (Fsp3) is 0.438. The molecule has 0 radical (unpaired) electrons. The molecule has 0 fully saturated rings. The van der Waals surface area contributed by atoms with Crippen LogP contribution in [0, 0.1) is 17.8 Å². The first kappa shape index (κ1) is 19.2. The van der Waals surface area contributed by atoms with Crippen LogP contribution in [0.15, 0.2) is 22.5 Å². The van der Waals surface area contributed by atoms with Crippen LogP contribution in [-0.4, -0.2) is 63.2 Å². The largest absolute Gasteiger partial charge is 0.510 e. The number of esters is 4. The standard InChI is InChI=1S/C16H16O10/c1-23-13(19)7-5-6(9(11(7)17)15(21)25-3)10(16(22)26-4)12(18)8(5)14(20)24-2/h5,7,10,18H,1-4H3. The summed E-state index contributed by atoms with van der Waals surface area (Å²) in [5.41, 5.74) is -1.34. The van der Waals surface area contributed by atoms with Gasteiger partial charge in [-0.3, -0.25) is 14.4 Å². The molecule has 10 nitrogen and oxygen atoms in total. The Hall–Kier alpha value is -3.17. The fourth-order valence-electron chi connectivity index (χ4n) is 3.28. The molecule has 26 heavy (non-hydrogen) atoms. The van der Waals surface area contributed by atoms with Gasteiger partial charge in [-0.2, -0.15) is 0 Å². The molecule has 3 atom stereocenters. The van der Waals surface area contributed by atoms with Gasteiger partial charge in [0.25, 0.3) is 0 Å². The average Bonchev–Trinajstić information content (AvgIpc) is 3.08. The molecule has 140 valence electrons. The number of rotatable bonds is 4. The molecule has 2 aliphatic rings. The Morgan fingerprint density at radius 3 is 1.85 bits per heavy atom. The summed E-state index contributed by atoms with van der Waals surface area (Å²) in [5.74, 6) is -10.7. The number of fused-ring (bicyclic) bond motifs is 1. The Morgan fingerprint density at radius 1 is 0.846 bits per heavy atom. The minimum Gasteiger partial charge on any atom is -0.510 e. The highest BCUT2D eigenvalue weighted by Crippen LogP contribution is 2.52. The van der Waals surface area contributed by atoms with Crippen molar-refractivity contribution in [2.75, 3.05) is 28.4 Å². The number of hydrogen-bond acceptors (Lipinski definition) is 10. The fourth-order valence-corrected chi connectivity index (χ4v) is 3.28. The average molecular weight is 368 g/mol. The second kappa shape index (κ2) is 6.98. The van der Waals surface area contributed by atoms with Crippen molar-refractivity contribution in [3.05, 3.63) is 22.5 Å². The zero-order valence-electron chi connectivity index (χ0n) is 14.4. The van der Waals surface area contributed by atoms with E-state index in [9.17, 15) is 29.1 Å². The summed E-state index contributed by atoms with van der Waals surface area (Å²) in [7, 11) is 4.05. The maximum atomic E-state index is 12.7. The molecule has 0 amide bonds. The van der Waals surface area contributed by atoms with Gasteiger partial charge in [-0.15, -0.1) is 0 Å². The number of methoxy groups -OCH3 is 4. The summed E-state index contributed by atoms with van der Waals surface area (Å²) in [5, 5.41) is 10.4. The highest BCUT2D eigenvalue weighted by atomic mass is 16.5. The molecule has 2 aliphatic carbocycles. The Labute approximate surface area is 147 Å². The van der Waals surface area contributed by atoms with Crippen LogP contribution in [0.25, 0.3) is 0 Å². The summed E-state index contributed by atoms with van der Waals surface area (Å²) < 4.78 is 18.3. The lowest BCUT2D eigenvalue weighted by molar-refractivity contribution is -0.150. The van der Waals surface area contributed by atoms with E-state index in [-0.39, 0.29) is 5.57 Å². The van der Waals surface area contributed by atoms with Crippen molar-refractivity contribution < 1.29 is 48.0 Å². The van der Waals surface area contributed by atoms with Crippen LogP contribution >= 0.6 is 0 Å². The van der Waals surface area contributed by atoms with Crippen molar-refractivity contribution in [2.24, 2.45) is 17.8 Å². The second-order valence-electron chi connectivity index (χ2n) is 5.41. The lowest BCUT2D eigenvalue weighted by atomic mass is 9.86. The summed E-state index contributed by atoms with van der Waals surface area (Å²) in [6, 6.07) is 0. The van der Waals surface area contributed by atoms with E-state index in [2.05, 4.69) is 18.9 Å². The third kappa shape index (κ3) is 2.54. The first-order valence-electron chi connectivity index (χ1n) is 7.30. The first-order chi connectivity index (χ1) is 12.3.